The molecule has 5 nitrogen and oxygen atoms in total. The van der Waals surface area contributed by atoms with Crippen molar-refractivity contribution in [3.05, 3.63) is 87.6 Å². The van der Waals surface area contributed by atoms with Gasteiger partial charge in [0.1, 0.15) is 6.04 Å². The maximum Gasteiger partial charge on any atom is 0.248 e. The molecule has 0 saturated heterocycles. The summed E-state index contributed by atoms with van der Waals surface area (Å²) < 4.78 is 1.91. The molecule has 1 aromatic heterocycles. The van der Waals surface area contributed by atoms with Crippen molar-refractivity contribution in [2.75, 3.05) is 5.32 Å². The van der Waals surface area contributed by atoms with Crippen molar-refractivity contribution in [2.45, 2.75) is 39.2 Å². The summed E-state index contributed by atoms with van der Waals surface area (Å²) in [5.41, 5.74) is 8.88. The van der Waals surface area contributed by atoms with Gasteiger partial charge in [-0.25, -0.2) is 0 Å². The lowest BCUT2D eigenvalue weighted by Crippen LogP contribution is -2.28. The predicted octanol–water partition coefficient (Wildman–Crippen LogP) is 4.83. The van der Waals surface area contributed by atoms with Crippen molar-refractivity contribution in [2.24, 2.45) is 0 Å². The SMILES string of the molecule is Cc1ccc(/C=C2\CCCC3=C2Nc2nnnn2C3c2ccc(C)cc2)cc1. The fourth-order valence-corrected chi connectivity index (χ4v) is 4.17. The van der Waals surface area contributed by atoms with Gasteiger partial charge in [-0.15, -0.1) is 0 Å². The van der Waals surface area contributed by atoms with E-state index in [-0.39, 0.29) is 6.04 Å². The Morgan fingerprint density at radius 2 is 1.68 bits per heavy atom. The highest BCUT2D eigenvalue weighted by atomic mass is 15.6. The van der Waals surface area contributed by atoms with Crippen LogP contribution < -0.4 is 5.32 Å². The summed E-state index contributed by atoms with van der Waals surface area (Å²) in [6.45, 7) is 4.23. The smallest absolute Gasteiger partial charge is 0.248 e. The number of fused-ring (bicyclic) bond motifs is 1. The molecule has 2 aromatic carbocycles. The maximum atomic E-state index is 4.29. The van der Waals surface area contributed by atoms with Crippen LogP contribution in [0, 0.1) is 13.8 Å². The summed E-state index contributed by atoms with van der Waals surface area (Å²) in [5.74, 6) is 0.709. The van der Waals surface area contributed by atoms with Crippen molar-refractivity contribution in [1.29, 1.82) is 0 Å². The molecule has 0 saturated carbocycles. The minimum atomic E-state index is 0.0450. The van der Waals surface area contributed by atoms with Gasteiger partial charge in [-0.1, -0.05) is 64.8 Å². The number of anilines is 1. The Morgan fingerprint density at radius 1 is 0.964 bits per heavy atom. The van der Waals surface area contributed by atoms with Crippen LogP contribution in [0.3, 0.4) is 0 Å². The van der Waals surface area contributed by atoms with Crippen LogP contribution in [-0.2, 0) is 0 Å². The van der Waals surface area contributed by atoms with Crippen LogP contribution in [0.5, 0.6) is 0 Å². The highest BCUT2D eigenvalue weighted by Crippen LogP contribution is 2.43. The zero-order valence-electron chi connectivity index (χ0n) is 16.2. The van der Waals surface area contributed by atoms with E-state index in [2.05, 4.69) is 89.3 Å². The van der Waals surface area contributed by atoms with E-state index in [4.69, 9.17) is 0 Å². The Labute approximate surface area is 164 Å². The number of nitrogens with one attached hydrogen (secondary N) is 1. The lowest BCUT2D eigenvalue weighted by atomic mass is 9.83. The van der Waals surface area contributed by atoms with Crippen molar-refractivity contribution in [3.63, 3.8) is 0 Å². The Kier molecular flexibility index (Phi) is 4.08. The second-order valence-electron chi connectivity index (χ2n) is 7.72. The van der Waals surface area contributed by atoms with Gasteiger partial charge in [0.15, 0.2) is 0 Å². The zero-order chi connectivity index (χ0) is 19.1. The van der Waals surface area contributed by atoms with E-state index in [9.17, 15) is 0 Å². The molecule has 1 unspecified atom stereocenters. The van der Waals surface area contributed by atoms with Gasteiger partial charge in [0.25, 0.3) is 0 Å². The molecule has 0 bridgehead atoms. The van der Waals surface area contributed by atoms with Gasteiger partial charge in [0.05, 0.1) is 0 Å². The number of hydrogen-bond acceptors (Lipinski definition) is 4. The molecular formula is C23H23N5. The van der Waals surface area contributed by atoms with Crippen LogP contribution >= 0.6 is 0 Å². The van der Waals surface area contributed by atoms with Crippen LogP contribution in [-0.4, -0.2) is 20.2 Å². The fraction of sp³-hybridized carbons (Fsp3) is 0.261. The van der Waals surface area contributed by atoms with Gasteiger partial charge in [-0.05, 0) is 71.9 Å². The average molecular weight is 369 g/mol. The van der Waals surface area contributed by atoms with E-state index < -0.39 is 0 Å². The average Bonchev–Trinajstić information content (AvgIpc) is 3.17. The van der Waals surface area contributed by atoms with Crippen LogP contribution in [0.1, 0.15) is 47.6 Å². The van der Waals surface area contributed by atoms with Crippen LogP contribution in [0.2, 0.25) is 0 Å². The molecular weight excluding hydrogens is 346 g/mol. The highest BCUT2D eigenvalue weighted by molar-refractivity contribution is 5.65. The first-order valence-corrected chi connectivity index (χ1v) is 9.81. The maximum absolute atomic E-state index is 4.29. The third kappa shape index (κ3) is 2.93. The normalized spacial score (nSPS) is 19.9. The topological polar surface area (TPSA) is 55.6 Å². The second-order valence-corrected chi connectivity index (χ2v) is 7.72. The minimum Gasteiger partial charge on any atom is -0.323 e. The molecule has 2 heterocycles. The molecule has 5 heteroatoms. The number of benzene rings is 2. The first kappa shape index (κ1) is 16.9. The fourth-order valence-electron chi connectivity index (χ4n) is 4.17. The Hall–Kier alpha value is -3.21. The van der Waals surface area contributed by atoms with Gasteiger partial charge < -0.3 is 5.32 Å². The van der Waals surface area contributed by atoms with Crippen LogP contribution in [0.25, 0.3) is 6.08 Å². The molecule has 0 radical (unpaired) electrons. The van der Waals surface area contributed by atoms with Crippen molar-refractivity contribution >= 4 is 12.0 Å². The molecule has 0 amide bonds. The van der Waals surface area contributed by atoms with Crippen molar-refractivity contribution in [1.82, 2.24) is 20.2 Å². The summed E-state index contributed by atoms with van der Waals surface area (Å²) in [4.78, 5) is 0. The lowest BCUT2D eigenvalue weighted by Gasteiger charge is -2.34. The molecule has 0 fully saturated rings. The molecule has 1 aliphatic heterocycles. The first-order chi connectivity index (χ1) is 13.7. The molecule has 28 heavy (non-hydrogen) atoms. The molecule has 2 aliphatic rings. The molecule has 1 N–H and O–H groups in total. The van der Waals surface area contributed by atoms with E-state index in [1.165, 1.54) is 39.1 Å². The lowest BCUT2D eigenvalue weighted by molar-refractivity contribution is 0.524. The van der Waals surface area contributed by atoms with E-state index >= 15 is 0 Å². The molecule has 1 atom stereocenters. The number of aromatic nitrogens is 4. The predicted molar refractivity (Wildman–Crippen MR) is 111 cm³/mol. The van der Waals surface area contributed by atoms with Crippen molar-refractivity contribution in [3.8, 4) is 0 Å². The number of hydrogen-bond donors (Lipinski definition) is 1. The second kappa shape index (κ2) is 6.75. The molecule has 5 rings (SSSR count). The van der Waals surface area contributed by atoms with Crippen LogP contribution in [0.4, 0.5) is 5.95 Å². The number of allylic oxidation sites excluding steroid dienone is 2. The van der Waals surface area contributed by atoms with E-state index in [1.807, 2.05) is 4.68 Å². The number of rotatable bonds is 2. The van der Waals surface area contributed by atoms with Gasteiger partial charge in [0, 0.05) is 5.70 Å². The molecule has 3 aromatic rings. The third-order valence-corrected chi connectivity index (χ3v) is 5.65. The van der Waals surface area contributed by atoms with E-state index in [0.29, 0.717) is 5.95 Å². The van der Waals surface area contributed by atoms with Gasteiger partial charge in [0.2, 0.25) is 5.95 Å². The quantitative estimate of drug-likeness (QED) is 0.703. The monoisotopic (exact) mass is 369 g/mol. The van der Waals surface area contributed by atoms with Gasteiger partial charge >= 0.3 is 0 Å². The number of nitrogens with zero attached hydrogens (tertiary/aromatic N) is 4. The zero-order valence-corrected chi connectivity index (χ0v) is 16.2. The molecule has 0 spiro atoms. The number of aryl methyl sites for hydroxylation is 2. The Bertz CT molecular complexity index is 1070. The summed E-state index contributed by atoms with van der Waals surface area (Å²) in [5, 5.41) is 15.9. The van der Waals surface area contributed by atoms with Gasteiger partial charge in [-0.3, -0.25) is 0 Å². The first-order valence-electron chi connectivity index (χ1n) is 9.81. The van der Waals surface area contributed by atoms with E-state index in [1.54, 1.807) is 0 Å². The molecule has 140 valence electrons. The Morgan fingerprint density at radius 3 is 2.43 bits per heavy atom. The molecule has 1 aliphatic carbocycles. The summed E-state index contributed by atoms with van der Waals surface area (Å²) in [6.07, 6.45) is 5.54. The third-order valence-electron chi connectivity index (χ3n) is 5.65. The van der Waals surface area contributed by atoms with Gasteiger partial charge in [-0.2, -0.15) is 4.68 Å². The largest absolute Gasteiger partial charge is 0.323 e. The summed E-state index contributed by atoms with van der Waals surface area (Å²) in [6, 6.07) is 17.4. The van der Waals surface area contributed by atoms with Crippen LogP contribution in [0.15, 0.2) is 65.4 Å². The summed E-state index contributed by atoms with van der Waals surface area (Å²) in [7, 11) is 0. The number of tetrazole rings is 1. The Balaban J connectivity index is 1.63. The highest BCUT2D eigenvalue weighted by Gasteiger charge is 2.33. The van der Waals surface area contributed by atoms with E-state index in [0.717, 1.165) is 19.3 Å². The van der Waals surface area contributed by atoms with Crippen molar-refractivity contribution < 1.29 is 0 Å². The summed E-state index contributed by atoms with van der Waals surface area (Å²) >= 11 is 0. The standard InChI is InChI=1S/C23H23N5/c1-15-6-10-17(11-7-15)14-19-4-3-5-20-21(19)24-23-25-26-27-28(23)22(20)18-12-8-16(2)9-13-18/h6-14,22H,3-5H2,1-2H3,(H,24,25,27)/b19-14+. The minimum absolute atomic E-state index is 0.0450.